The summed E-state index contributed by atoms with van der Waals surface area (Å²) in [5, 5.41) is 10.6. The molecule has 0 saturated heterocycles. The summed E-state index contributed by atoms with van der Waals surface area (Å²) in [4.78, 5) is 6.59. The van der Waals surface area contributed by atoms with E-state index in [1.807, 2.05) is 24.3 Å². The molecule has 0 spiro atoms. The third-order valence-corrected chi connectivity index (χ3v) is 5.07. The van der Waals surface area contributed by atoms with Crippen molar-refractivity contribution in [3.05, 3.63) is 41.3 Å². The molecular weight excluding hydrogens is 394 g/mol. The van der Waals surface area contributed by atoms with Gasteiger partial charge in [-0.1, -0.05) is 38.9 Å². The molecule has 1 aromatic heterocycles. The lowest BCUT2D eigenvalue weighted by atomic mass is 10.1. The average molecular weight is 432 g/mol. The summed E-state index contributed by atoms with van der Waals surface area (Å²) in [6.45, 7) is 13.2. The number of hydrogen-bond donors (Lipinski definition) is 2. The number of aromatic nitrogens is 1. The Morgan fingerprint density at radius 3 is 2.48 bits per heavy atom. The van der Waals surface area contributed by atoms with Crippen molar-refractivity contribution in [1.29, 1.82) is 0 Å². The van der Waals surface area contributed by atoms with E-state index in [4.69, 9.17) is 14.0 Å². The zero-order valence-electron chi connectivity index (χ0n) is 19.7. The largest absolute Gasteiger partial charge is 0.493 e. The van der Waals surface area contributed by atoms with Crippen LogP contribution >= 0.6 is 0 Å². The Morgan fingerprint density at radius 2 is 1.87 bits per heavy atom. The molecule has 0 aliphatic rings. The summed E-state index contributed by atoms with van der Waals surface area (Å²) in [6.07, 6.45) is 0. The molecule has 2 aromatic rings. The minimum Gasteiger partial charge on any atom is -0.493 e. The van der Waals surface area contributed by atoms with Gasteiger partial charge in [-0.3, -0.25) is 4.99 Å². The molecular formula is C23H37N5O3. The Balaban J connectivity index is 1.86. The van der Waals surface area contributed by atoms with E-state index in [1.165, 1.54) is 0 Å². The summed E-state index contributed by atoms with van der Waals surface area (Å²) in [5.74, 6) is 3.28. The van der Waals surface area contributed by atoms with Crippen LogP contribution in [-0.4, -0.2) is 56.4 Å². The molecule has 0 radical (unpaired) electrons. The molecule has 2 rings (SSSR count). The van der Waals surface area contributed by atoms with Crippen molar-refractivity contribution in [3.63, 3.8) is 0 Å². The number of benzene rings is 1. The van der Waals surface area contributed by atoms with E-state index in [1.54, 1.807) is 14.2 Å². The highest BCUT2D eigenvalue weighted by Gasteiger charge is 2.10. The lowest BCUT2D eigenvalue weighted by Gasteiger charge is -2.19. The molecule has 0 unspecified atom stereocenters. The average Bonchev–Trinajstić information content (AvgIpc) is 3.27. The maximum absolute atomic E-state index is 5.93. The Kier molecular flexibility index (Phi) is 10.2. The molecule has 0 aliphatic carbocycles. The van der Waals surface area contributed by atoms with E-state index in [2.05, 4.69) is 53.4 Å². The summed E-state index contributed by atoms with van der Waals surface area (Å²) in [7, 11) is 3.40. The molecule has 0 atom stereocenters. The van der Waals surface area contributed by atoms with Gasteiger partial charge in [0, 0.05) is 26.2 Å². The standard InChI is InChI=1S/C23H37N5O3/c1-7-28(8-2)11-12-30-21-10-9-18(13-22(21)29-6)15-25-23(24-5)26-16-19-14-20(17(3)4)27-31-19/h9-10,13-14,17H,7-8,11-12,15-16H2,1-6H3,(H2,24,25,26). The van der Waals surface area contributed by atoms with Gasteiger partial charge in [0.1, 0.15) is 6.61 Å². The van der Waals surface area contributed by atoms with E-state index in [0.29, 0.717) is 31.6 Å². The quantitative estimate of drug-likeness (QED) is 0.394. The predicted octanol–water partition coefficient (Wildman–Crippen LogP) is 3.39. The second-order valence-electron chi connectivity index (χ2n) is 7.51. The summed E-state index contributed by atoms with van der Waals surface area (Å²) < 4.78 is 16.8. The van der Waals surface area contributed by atoms with E-state index < -0.39 is 0 Å². The highest BCUT2D eigenvalue weighted by molar-refractivity contribution is 5.79. The van der Waals surface area contributed by atoms with Gasteiger partial charge in [0.2, 0.25) is 0 Å². The number of guanidine groups is 1. The second-order valence-corrected chi connectivity index (χ2v) is 7.51. The number of nitrogens with zero attached hydrogens (tertiary/aromatic N) is 3. The van der Waals surface area contributed by atoms with Gasteiger partial charge in [-0.15, -0.1) is 0 Å². The highest BCUT2D eigenvalue weighted by atomic mass is 16.5. The van der Waals surface area contributed by atoms with Gasteiger partial charge in [-0.25, -0.2) is 0 Å². The van der Waals surface area contributed by atoms with Gasteiger partial charge in [0.05, 0.1) is 19.3 Å². The molecule has 1 heterocycles. The van der Waals surface area contributed by atoms with Crippen LogP contribution in [0, 0.1) is 0 Å². The third-order valence-electron chi connectivity index (χ3n) is 5.07. The first kappa shape index (κ1) is 24.5. The van der Waals surface area contributed by atoms with Crippen molar-refractivity contribution in [2.45, 2.75) is 46.7 Å². The molecule has 0 bridgehead atoms. The molecule has 1 aromatic carbocycles. The fourth-order valence-corrected chi connectivity index (χ4v) is 3.03. The number of aliphatic imine (C=N–C) groups is 1. The van der Waals surface area contributed by atoms with Crippen LogP contribution in [0.5, 0.6) is 11.5 Å². The van der Waals surface area contributed by atoms with Crippen LogP contribution in [0.15, 0.2) is 33.8 Å². The van der Waals surface area contributed by atoms with Crippen LogP contribution in [0.3, 0.4) is 0 Å². The van der Waals surface area contributed by atoms with Crippen LogP contribution in [0.25, 0.3) is 0 Å². The first-order chi connectivity index (χ1) is 15.0. The zero-order valence-corrected chi connectivity index (χ0v) is 19.7. The highest BCUT2D eigenvalue weighted by Crippen LogP contribution is 2.28. The van der Waals surface area contributed by atoms with Gasteiger partial charge in [-0.05, 0) is 36.7 Å². The number of likely N-dealkylation sites (N-methyl/N-ethyl adjacent to an activating group) is 1. The maximum Gasteiger partial charge on any atom is 0.191 e. The number of nitrogens with one attached hydrogen (secondary N) is 2. The van der Waals surface area contributed by atoms with Gasteiger partial charge >= 0.3 is 0 Å². The molecule has 0 amide bonds. The number of methoxy groups -OCH3 is 1. The minimum absolute atomic E-state index is 0.342. The number of rotatable bonds is 12. The van der Waals surface area contributed by atoms with Crippen LogP contribution in [-0.2, 0) is 13.1 Å². The topological polar surface area (TPSA) is 84.2 Å². The minimum atomic E-state index is 0.342. The first-order valence-electron chi connectivity index (χ1n) is 10.9. The second kappa shape index (κ2) is 12.8. The fourth-order valence-electron chi connectivity index (χ4n) is 3.03. The van der Waals surface area contributed by atoms with Crippen molar-refractivity contribution in [1.82, 2.24) is 20.7 Å². The Bertz CT molecular complexity index is 815. The van der Waals surface area contributed by atoms with E-state index in [9.17, 15) is 0 Å². The molecule has 31 heavy (non-hydrogen) atoms. The third kappa shape index (κ3) is 7.79. The van der Waals surface area contributed by atoms with Crippen LogP contribution < -0.4 is 20.1 Å². The lowest BCUT2D eigenvalue weighted by Crippen LogP contribution is -2.36. The smallest absolute Gasteiger partial charge is 0.191 e. The maximum atomic E-state index is 5.93. The lowest BCUT2D eigenvalue weighted by molar-refractivity contribution is 0.217. The Hall–Kier alpha value is -2.74. The van der Waals surface area contributed by atoms with Crippen LogP contribution in [0.4, 0.5) is 0 Å². The number of hydrogen-bond acceptors (Lipinski definition) is 6. The van der Waals surface area contributed by atoms with Crippen molar-refractivity contribution in [3.8, 4) is 11.5 Å². The van der Waals surface area contributed by atoms with Crippen LogP contribution in [0.1, 0.15) is 50.6 Å². The number of ether oxygens (including phenoxy) is 2. The zero-order chi connectivity index (χ0) is 22.6. The molecule has 2 N–H and O–H groups in total. The molecule has 0 fully saturated rings. The molecule has 8 heteroatoms. The Labute approximate surface area is 186 Å². The summed E-state index contributed by atoms with van der Waals surface area (Å²) >= 11 is 0. The summed E-state index contributed by atoms with van der Waals surface area (Å²) in [5.41, 5.74) is 2.02. The van der Waals surface area contributed by atoms with Gasteiger partial charge in [-0.2, -0.15) is 0 Å². The van der Waals surface area contributed by atoms with Crippen molar-refractivity contribution >= 4 is 5.96 Å². The SMILES string of the molecule is CCN(CC)CCOc1ccc(CNC(=NC)NCc2cc(C(C)C)no2)cc1OC. The van der Waals surface area contributed by atoms with E-state index >= 15 is 0 Å². The first-order valence-corrected chi connectivity index (χ1v) is 10.9. The van der Waals surface area contributed by atoms with E-state index in [-0.39, 0.29) is 0 Å². The van der Waals surface area contributed by atoms with Gasteiger partial charge < -0.3 is 29.5 Å². The van der Waals surface area contributed by atoms with Crippen molar-refractivity contribution in [2.24, 2.45) is 4.99 Å². The Morgan fingerprint density at radius 1 is 1.13 bits per heavy atom. The van der Waals surface area contributed by atoms with Gasteiger partial charge in [0.25, 0.3) is 0 Å². The van der Waals surface area contributed by atoms with Crippen LogP contribution in [0.2, 0.25) is 0 Å². The van der Waals surface area contributed by atoms with Gasteiger partial charge in [0.15, 0.2) is 23.2 Å². The predicted molar refractivity (Wildman–Crippen MR) is 124 cm³/mol. The monoisotopic (exact) mass is 431 g/mol. The normalized spacial score (nSPS) is 11.8. The summed E-state index contributed by atoms with van der Waals surface area (Å²) in [6, 6.07) is 7.93. The van der Waals surface area contributed by atoms with Crippen molar-refractivity contribution < 1.29 is 14.0 Å². The van der Waals surface area contributed by atoms with Crippen molar-refractivity contribution in [2.75, 3.05) is 40.4 Å². The molecule has 0 aliphatic heterocycles. The van der Waals surface area contributed by atoms with E-state index in [0.717, 1.165) is 48.2 Å². The fraction of sp³-hybridized carbons (Fsp3) is 0.565. The molecule has 172 valence electrons. The molecule has 0 saturated carbocycles. The molecule has 8 nitrogen and oxygen atoms in total.